The van der Waals surface area contributed by atoms with Crippen LogP contribution < -0.4 is 0 Å². The van der Waals surface area contributed by atoms with Crippen LogP contribution in [0.25, 0.3) is 0 Å². The van der Waals surface area contributed by atoms with Crippen LogP contribution in [0.1, 0.15) is 63.9 Å². The molecule has 0 aromatic heterocycles. The first-order valence-corrected chi connectivity index (χ1v) is 18.4. The van der Waals surface area contributed by atoms with E-state index in [0.717, 1.165) is 72.3 Å². The van der Waals surface area contributed by atoms with E-state index in [0.29, 0.717) is 55.9 Å². The predicted molar refractivity (Wildman–Crippen MR) is 213 cm³/mol. The predicted octanol–water partition coefficient (Wildman–Crippen LogP) is 5.60. The van der Waals surface area contributed by atoms with Crippen LogP contribution in [0.4, 0.5) is 0 Å². The SMILES string of the molecule is CC(C)Cc1cc(CCN(CCc2cc(CN(C)C)c(O)c(CN(C)C)c2)Cc2cc(CN(C)C)c(O)c(CN(C)C)c2)cc(CN(C)C)c1O. The zero-order chi connectivity index (χ0) is 38.0. The van der Waals surface area contributed by atoms with Gasteiger partial charge in [-0.25, -0.2) is 0 Å². The lowest BCUT2D eigenvalue weighted by Crippen LogP contribution is -2.28. The van der Waals surface area contributed by atoms with Gasteiger partial charge in [0.15, 0.2) is 0 Å². The quantitative estimate of drug-likeness (QED) is 0.139. The fourth-order valence-electron chi connectivity index (χ4n) is 6.88. The van der Waals surface area contributed by atoms with E-state index < -0.39 is 0 Å². The highest BCUT2D eigenvalue weighted by Gasteiger charge is 2.18. The number of rotatable bonds is 20. The van der Waals surface area contributed by atoms with Gasteiger partial charge >= 0.3 is 0 Å². The monoisotopic (exact) mass is 705 g/mol. The van der Waals surface area contributed by atoms with E-state index in [9.17, 15) is 15.3 Å². The molecule has 0 saturated heterocycles. The second-order valence-corrected chi connectivity index (χ2v) is 16.4. The van der Waals surface area contributed by atoms with E-state index in [-0.39, 0.29) is 0 Å². The lowest BCUT2D eigenvalue weighted by Gasteiger charge is -2.26. The van der Waals surface area contributed by atoms with Crippen molar-refractivity contribution >= 4 is 0 Å². The van der Waals surface area contributed by atoms with Crippen molar-refractivity contribution < 1.29 is 15.3 Å². The van der Waals surface area contributed by atoms with Crippen molar-refractivity contribution in [2.45, 2.75) is 72.4 Å². The number of nitrogens with zero attached hydrogens (tertiary/aromatic N) is 6. The Hall–Kier alpha value is -3.18. The molecule has 3 N–H and O–H groups in total. The van der Waals surface area contributed by atoms with Crippen molar-refractivity contribution in [2.75, 3.05) is 83.6 Å². The molecule has 9 heteroatoms. The molecule has 0 amide bonds. The van der Waals surface area contributed by atoms with Gasteiger partial charge in [0.2, 0.25) is 0 Å². The molecule has 0 heterocycles. The number of aromatic hydroxyl groups is 3. The highest BCUT2D eigenvalue weighted by molar-refractivity contribution is 5.46. The fourth-order valence-corrected chi connectivity index (χ4v) is 6.88. The Balaban J connectivity index is 2.03. The molecular weight excluding hydrogens is 637 g/mol. The summed E-state index contributed by atoms with van der Waals surface area (Å²) in [6.07, 6.45) is 2.53. The van der Waals surface area contributed by atoms with Gasteiger partial charge in [-0.15, -0.1) is 0 Å². The molecule has 9 nitrogen and oxygen atoms in total. The van der Waals surface area contributed by atoms with Gasteiger partial charge in [0.1, 0.15) is 17.2 Å². The van der Waals surface area contributed by atoms with Crippen LogP contribution in [0.3, 0.4) is 0 Å². The molecule has 3 aromatic carbocycles. The Bertz CT molecular complexity index is 1380. The van der Waals surface area contributed by atoms with Gasteiger partial charge in [0.25, 0.3) is 0 Å². The van der Waals surface area contributed by atoms with Crippen LogP contribution in [0, 0.1) is 5.92 Å². The van der Waals surface area contributed by atoms with Crippen LogP contribution in [0.2, 0.25) is 0 Å². The maximum absolute atomic E-state index is 11.2. The average Bonchev–Trinajstić information content (AvgIpc) is 2.99. The third kappa shape index (κ3) is 13.7. The first kappa shape index (κ1) is 42.2. The minimum absolute atomic E-state index is 0.383. The van der Waals surface area contributed by atoms with Crippen molar-refractivity contribution in [3.05, 3.63) is 86.5 Å². The standard InChI is InChI=1S/C42H68N6O3/c1-30(2)17-34-18-31(19-35(40(34)49)25-43(3)4)13-15-48(24-33-22-38(28-46(9)10)42(51)39(23-33)29-47(11)12)16-14-32-20-36(26-44(5)6)41(50)37(21-32)27-45(7)8/h18-23,30,49-51H,13-17,24-29H2,1-12H3. The first-order chi connectivity index (χ1) is 23.9. The molecule has 0 aliphatic heterocycles. The van der Waals surface area contributed by atoms with E-state index in [2.05, 4.69) is 79.6 Å². The van der Waals surface area contributed by atoms with E-state index in [1.807, 2.05) is 70.5 Å². The zero-order valence-electron chi connectivity index (χ0n) is 33.8. The highest BCUT2D eigenvalue weighted by Crippen LogP contribution is 2.31. The zero-order valence-corrected chi connectivity index (χ0v) is 33.8. The van der Waals surface area contributed by atoms with E-state index in [1.165, 1.54) is 16.7 Å². The number of phenols is 3. The third-order valence-corrected chi connectivity index (χ3v) is 8.88. The summed E-state index contributed by atoms with van der Waals surface area (Å²) in [6, 6.07) is 13.1. The molecule has 0 fully saturated rings. The number of hydrogen-bond acceptors (Lipinski definition) is 9. The smallest absolute Gasteiger partial charge is 0.124 e. The van der Waals surface area contributed by atoms with Gasteiger partial charge in [-0.05, 0) is 130 Å². The summed E-state index contributed by atoms with van der Waals surface area (Å²) >= 11 is 0. The maximum atomic E-state index is 11.2. The van der Waals surface area contributed by atoms with Crippen LogP contribution in [-0.2, 0) is 58.5 Å². The van der Waals surface area contributed by atoms with Crippen LogP contribution in [-0.4, -0.2) is 128 Å². The molecule has 0 bridgehead atoms. The molecule has 0 aliphatic carbocycles. The Morgan fingerprint density at radius 2 is 0.686 bits per heavy atom. The highest BCUT2D eigenvalue weighted by atomic mass is 16.3. The topological polar surface area (TPSA) is 80.1 Å². The maximum Gasteiger partial charge on any atom is 0.124 e. The van der Waals surface area contributed by atoms with E-state index in [4.69, 9.17) is 0 Å². The van der Waals surface area contributed by atoms with Crippen molar-refractivity contribution in [3.8, 4) is 17.2 Å². The summed E-state index contributed by atoms with van der Waals surface area (Å²) in [7, 11) is 20.4. The third-order valence-electron chi connectivity index (χ3n) is 8.88. The summed E-state index contributed by atoms with van der Waals surface area (Å²) in [5.74, 6) is 1.64. The van der Waals surface area contributed by atoms with Gasteiger partial charge in [-0.1, -0.05) is 38.1 Å². The van der Waals surface area contributed by atoms with Crippen molar-refractivity contribution in [2.24, 2.45) is 5.92 Å². The Kier molecular flexibility index (Phi) is 16.2. The van der Waals surface area contributed by atoms with Gasteiger partial charge in [-0.2, -0.15) is 0 Å². The lowest BCUT2D eigenvalue weighted by molar-refractivity contribution is 0.271. The summed E-state index contributed by atoms with van der Waals surface area (Å²) in [5, 5.41) is 33.6. The molecule has 0 atom stereocenters. The van der Waals surface area contributed by atoms with Gasteiger partial charge in [0.05, 0.1) is 0 Å². The average molecular weight is 705 g/mol. The molecule has 0 unspecified atom stereocenters. The van der Waals surface area contributed by atoms with Gasteiger partial charge < -0.3 is 39.8 Å². The van der Waals surface area contributed by atoms with Crippen molar-refractivity contribution in [1.82, 2.24) is 29.4 Å². The van der Waals surface area contributed by atoms with Crippen molar-refractivity contribution in [1.29, 1.82) is 0 Å². The first-order valence-electron chi connectivity index (χ1n) is 18.4. The van der Waals surface area contributed by atoms with Gasteiger partial charge in [-0.3, -0.25) is 4.90 Å². The second-order valence-electron chi connectivity index (χ2n) is 16.4. The van der Waals surface area contributed by atoms with Crippen LogP contribution in [0.15, 0.2) is 36.4 Å². The molecule has 51 heavy (non-hydrogen) atoms. The minimum Gasteiger partial charge on any atom is -0.507 e. The largest absolute Gasteiger partial charge is 0.507 e. The Morgan fingerprint density at radius 3 is 0.980 bits per heavy atom. The number of benzene rings is 3. The fraction of sp³-hybridized carbons (Fsp3) is 0.571. The van der Waals surface area contributed by atoms with Gasteiger partial charge in [0, 0.05) is 80.2 Å². The molecule has 284 valence electrons. The Morgan fingerprint density at radius 1 is 0.412 bits per heavy atom. The molecule has 0 saturated carbocycles. The summed E-state index contributed by atoms with van der Waals surface area (Å²) < 4.78 is 0. The number of hydrogen-bond donors (Lipinski definition) is 3. The minimum atomic E-state index is 0.383. The molecular formula is C42H68N6O3. The van der Waals surface area contributed by atoms with E-state index in [1.54, 1.807) is 0 Å². The van der Waals surface area contributed by atoms with Crippen molar-refractivity contribution in [3.63, 3.8) is 0 Å². The molecule has 0 radical (unpaired) electrons. The summed E-state index contributed by atoms with van der Waals surface area (Å²) in [6.45, 7) is 10.2. The molecule has 0 aliphatic rings. The number of phenolic OH excluding ortho intramolecular Hbond substituents is 3. The van der Waals surface area contributed by atoms with Crippen LogP contribution in [0.5, 0.6) is 17.2 Å². The molecule has 3 rings (SSSR count). The lowest BCUT2D eigenvalue weighted by atomic mass is 9.95. The van der Waals surface area contributed by atoms with Crippen LogP contribution >= 0.6 is 0 Å². The van der Waals surface area contributed by atoms with E-state index >= 15 is 0 Å². The Labute approximate surface area is 309 Å². The summed E-state index contributed by atoms with van der Waals surface area (Å²) in [5.41, 5.74) is 9.45. The normalized spacial score (nSPS) is 12.3. The summed E-state index contributed by atoms with van der Waals surface area (Å²) in [4.78, 5) is 13.0. The molecule has 0 spiro atoms. The second kappa shape index (κ2) is 19.6. The molecule has 3 aromatic rings.